The Bertz CT molecular complexity index is 541. The maximum atomic E-state index is 8.73. The molecule has 2 aromatic rings. The highest BCUT2D eigenvalue weighted by molar-refractivity contribution is 5.68. The van der Waals surface area contributed by atoms with Crippen molar-refractivity contribution in [2.24, 2.45) is 0 Å². The van der Waals surface area contributed by atoms with Gasteiger partial charge in [0.1, 0.15) is 11.6 Å². The summed E-state index contributed by atoms with van der Waals surface area (Å²) in [6.07, 6.45) is 0. The molecule has 0 aliphatic rings. The van der Waals surface area contributed by atoms with Crippen LogP contribution in [0.4, 0.5) is 5.82 Å². The molecule has 0 radical (unpaired) electrons. The minimum absolute atomic E-state index is 0.0646. The molecule has 0 aliphatic carbocycles. The van der Waals surface area contributed by atoms with Gasteiger partial charge in [0.25, 0.3) is 0 Å². The number of aliphatic hydroxyl groups is 1. The molecule has 2 rings (SSSR count). The lowest BCUT2D eigenvalue weighted by Crippen LogP contribution is -2.07. The maximum Gasteiger partial charge on any atom is 0.148 e. The van der Waals surface area contributed by atoms with E-state index in [2.05, 4.69) is 15.5 Å². The monoisotopic (exact) mass is 259 g/mol. The van der Waals surface area contributed by atoms with E-state index in [1.807, 2.05) is 37.3 Å². The summed E-state index contributed by atoms with van der Waals surface area (Å²) in [5.74, 6) is 1.42. The average Bonchev–Trinajstić information content (AvgIpc) is 2.45. The number of nitrogens with zero attached hydrogens (tertiary/aromatic N) is 2. The normalized spacial score (nSPS) is 10.3. The lowest BCUT2D eigenvalue weighted by atomic mass is 10.1. The molecule has 5 heteroatoms. The summed E-state index contributed by atoms with van der Waals surface area (Å²) in [5, 5.41) is 19.9. The third-order valence-corrected chi connectivity index (χ3v) is 2.71. The Morgan fingerprint density at radius 3 is 2.68 bits per heavy atom. The highest BCUT2D eigenvalue weighted by atomic mass is 16.5. The molecule has 0 spiro atoms. The van der Waals surface area contributed by atoms with Crippen molar-refractivity contribution in [2.75, 3.05) is 25.6 Å². The van der Waals surface area contributed by atoms with Crippen LogP contribution in [0.25, 0.3) is 11.3 Å². The fourth-order valence-corrected chi connectivity index (χ4v) is 1.78. The van der Waals surface area contributed by atoms with Crippen LogP contribution in [-0.2, 0) is 0 Å². The molecule has 1 aromatic carbocycles. The summed E-state index contributed by atoms with van der Waals surface area (Å²) >= 11 is 0. The van der Waals surface area contributed by atoms with Crippen LogP contribution in [-0.4, -0.2) is 35.6 Å². The van der Waals surface area contributed by atoms with Gasteiger partial charge in [0.15, 0.2) is 0 Å². The Hall–Kier alpha value is -2.14. The third kappa shape index (κ3) is 3.20. The summed E-state index contributed by atoms with van der Waals surface area (Å²) in [7, 11) is 1.64. The van der Waals surface area contributed by atoms with Gasteiger partial charge < -0.3 is 15.2 Å². The number of hydrogen-bond acceptors (Lipinski definition) is 5. The van der Waals surface area contributed by atoms with Crippen LogP contribution in [0.1, 0.15) is 5.56 Å². The predicted octanol–water partition coefficient (Wildman–Crippen LogP) is 1.86. The van der Waals surface area contributed by atoms with Gasteiger partial charge in [0, 0.05) is 12.1 Å². The topological polar surface area (TPSA) is 67.3 Å². The lowest BCUT2D eigenvalue weighted by Gasteiger charge is -2.09. The number of benzene rings is 1. The fraction of sp³-hybridized carbons (Fsp3) is 0.286. The zero-order valence-corrected chi connectivity index (χ0v) is 11.1. The first-order valence-electron chi connectivity index (χ1n) is 6.08. The number of methoxy groups -OCH3 is 1. The van der Waals surface area contributed by atoms with Gasteiger partial charge in [-0.3, -0.25) is 0 Å². The van der Waals surface area contributed by atoms with Crippen molar-refractivity contribution >= 4 is 5.82 Å². The van der Waals surface area contributed by atoms with E-state index in [1.165, 1.54) is 0 Å². The maximum absolute atomic E-state index is 8.73. The molecule has 1 heterocycles. The van der Waals surface area contributed by atoms with Crippen LogP contribution in [0.5, 0.6) is 5.75 Å². The summed E-state index contributed by atoms with van der Waals surface area (Å²) in [6, 6.07) is 9.64. The van der Waals surface area contributed by atoms with E-state index < -0.39 is 0 Å². The van der Waals surface area contributed by atoms with Gasteiger partial charge in [-0.25, -0.2) is 0 Å². The first-order valence-corrected chi connectivity index (χ1v) is 6.08. The summed E-state index contributed by atoms with van der Waals surface area (Å²) in [6.45, 7) is 2.55. The molecular formula is C14H17N3O2. The standard InChI is InChI=1S/C14H17N3O2/c1-10-3-5-13(19-2)11(9-10)12-4-6-14(17-16-12)15-7-8-18/h3-6,9,18H,7-8H2,1-2H3,(H,15,17). The second-order valence-electron chi connectivity index (χ2n) is 4.16. The van der Waals surface area contributed by atoms with E-state index >= 15 is 0 Å². The van der Waals surface area contributed by atoms with Gasteiger partial charge in [-0.2, -0.15) is 0 Å². The fourth-order valence-electron chi connectivity index (χ4n) is 1.78. The van der Waals surface area contributed by atoms with Gasteiger partial charge in [-0.05, 0) is 31.2 Å². The second kappa shape index (κ2) is 6.15. The molecule has 19 heavy (non-hydrogen) atoms. The van der Waals surface area contributed by atoms with Gasteiger partial charge in [-0.1, -0.05) is 11.6 Å². The molecule has 0 fully saturated rings. The minimum Gasteiger partial charge on any atom is -0.496 e. The van der Waals surface area contributed by atoms with Gasteiger partial charge >= 0.3 is 0 Å². The minimum atomic E-state index is 0.0646. The SMILES string of the molecule is COc1ccc(C)cc1-c1ccc(NCCO)nn1. The number of aromatic nitrogens is 2. The number of aryl methyl sites for hydroxylation is 1. The van der Waals surface area contributed by atoms with Crippen LogP contribution in [0.2, 0.25) is 0 Å². The van der Waals surface area contributed by atoms with Crippen LogP contribution < -0.4 is 10.1 Å². The number of ether oxygens (including phenoxy) is 1. The lowest BCUT2D eigenvalue weighted by molar-refractivity contribution is 0.311. The van der Waals surface area contributed by atoms with Crippen LogP contribution in [0, 0.1) is 6.92 Å². The molecule has 100 valence electrons. The van der Waals surface area contributed by atoms with Crippen molar-refractivity contribution in [2.45, 2.75) is 6.92 Å². The van der Waals surface area contributed by atoms with Crippen LogP contribution in [0.3, 0.4) is 0 Å². The zero-order valence-electron chi connectivity index (χ0n) is 11.1. The van der Waals surface area contributed by atoms with Gasteiger partial charge in [0.05, 0.1) is 19.4 Å². The molecule has 5 nitrogen and oxygen atoms in total. The van der Waals surface area contributed by atoms with Crippen LogP contribution in [0.15, 0.2) is 30.3 Å². The van der Waals surface area contributed by atoms with Crippen molar-refractivity contribution in [1.29, 1.82) is 0 Å². The Balaban J connectivity index is 2.29. The Kier molecular flexibility index (Phi) is 4.30. The van der Waals surface area contributed by atoms with Crippen molar-refractivity contribution in [1.82, 2.24) is 10.2 Å². The number of rotatable bonds is 5. The van der Waals surface area contributed by atoms with E-state index in [0.29, 0.717) is 12.4 Å². The Morgan fingerprint density at radius 2 is 2.05 bits per heavy atom. The Morgan fingerprint density at radius 1 is 1.21 bits per heavy atom. The number of aliphatic hydroxyl groups excluding tert-OH is 1. The Labute approximate surface area is 112 Å². The second-order valence-corrected chi connectivity index (χ2v) is 4.16. The van der Waals surface area contributed by atoms with E-state index in [-0.39, 0.29) is 6.61 Å². The van der Waals surface area contributed by atoms with E-state index in [4.69, 9.17) is 9.84 Å². The largest absolute Gasteiger partial charge is 0.496 e. The molecule has 1 aromatic heterocycles. The van der Waals surface area contributed by atoms with E-state index in [9.17, 15) is 0 Å². The molecule has 0 atom stereocenters. The summed E-state index contributed by atoms with van der Waals surface area (Å²) < 4.78 is 5.33. The molecule has 0 amide bonds. The third-order valence-electron chi connectivity index (χ3n) is 2.71. The first-order chi connectivity index (χ1) is 9.24. The molecule has 0 saturated heterocycles. The zero-order chi connectivity index (χ0) is 13.7. The van der Waals surface area contributed by atoms with Crippen molar-refractivity contribution < 1.29 is 9.84 Å². The number of hydrogen-bond donors (Lipinski definition) is 2. The summed E-state index contributed by atoms with van der Waals surface area (Å²) in [4.78, 5) is 0. The van der Waals surface area contributed by atoms with Crippen molar-refractivity contribution in [3.05, 3.63) is 35.9 Å². The van der Waals surface area contributed by atoms with Crippen molar-refractivity contribution in [3.63, 3.8) is 0 Å². The molecule has 0 aliphatic heterocycles. The first kappa shape index (κ1) is 13.3. The quantitative estimate of drug-likeness (QED) is 0.858. The smallest absolute Gasteiger partial charge is 0.148 e. The van der Waals surface area contributed by atoms with E-state index in [1.54, 1.807) is 7.11 Å². The number of nitrogens with one attached hydrogen (secondary N) is 1. The highest BCUT2D eigenvalue weighted by Gasteiger charge is 2.08. The molecule has 2 N–H and O–H groups in total. The molecule has 0 unspecified atom stereocenters. The average molecular weight is 259 g/mol. The van der Waals surface area contributed by atoms with E-state index in [0.717, 1.165) is 22.6 Å². The molecular weight excluding hydrogens is 242 g/mol. The molecule has 0 bridgehead atoms. The highest BCUT2D eigenvalue weighted by Crippen LogP contribution is 2.29. The summed E-state index contributed by atoms with van der Waals surface area (Å²) in [5.41, 5.74) is 2.82. The van der Waals surface area contributed by atoms with Gasteiger partial charge in [0.2, 0.25) is 0 Å². The van der Waals surface area contributed by atoms with Gasteiger partial charge in [-0.15, -0.1) is 10.2 Å². The molecule has 0 saturated carbocycles. The number of anilines is 1. The van der Waals surface area contributed by atoms with Crippen molar-refractivity contribution in [3.8, 4) is 17.0 Å². The predicted molar refractivity (Wildman–Crippen MR) is 74.3 cm³/mol. The van der Waals surface area contributed by atoms with Crippen LogP contribution >= 0.6 is 0 Å².